The van der Waals surface area contributed by atoms with Crippen molar-refractivity contribution in [2.75, 3.05) is 7.11 Å². The van der Waals surface area contributed by atoms with Gasteiger partial charge in [0.25, 0.3) is 0 Å². The summed E-state index contributed by atoms with van der Waals surface area (Å²) in [7, 11) is 1.61. The van der Waals surface area contributed by atoms with E-state index < -0.39 is 0 Å². The van der Waals surface area contributed by atoms with E-state index in [4.69, 9.17) is 22.1 Å². The largest absolute Gasteiger partial charge is 0.496 e. The number of nitrogens with zero attached hydrogens (tertiary/aromatic N) is 2. The van der Waals surface area contributed by atoms with Crippen LogP contribution in [0.3, 0.4) is 0 Å². The van der Waals surface area contributed by atoms with Crippen LogP contribution in [0.5, 0.6) is 5.75 Å². The number of hydrogen-bond donors (Lipinski definition) is 2. The monoisotopic (exact) mass is 252 g/mol. The van der Waals surface area contributed by atoms with E-state index in [0.29, 0.717) is 23.2 Å². The number of rotatable bonds is 3. The Kier molecular flexibility index (Phi) is 3.31. The molecule has 0 spiro atoms. The van der Waals surface area contributed by atoms with Crippen LogP contribution in [0.25, 0.3) is 11.4 Å². The lowest BCUT2D eigenvalue weighted by Crippen LogP contribution is -1.98. The zero-order valence-electron chi connectivity index (χ0n) is 9.62. The van der Waals surface area contributed by atoms with Gasteiger partial charge in [0.1, 0.15) is 11.6 Å². The van der Waals surface area contributed by atoms with Crippen LogP contribution in [0.1, 0.15) is 11.4 Å². The SMILES string of the molecule is COc1c(C)cc(Cl)cc1-c1n[nH]c(CN)n1. The van der Waals surface area contributed by atoms with E-state index in [-0.39, 0.29) is 0 Å². The van der Waals surface area contributed by atoms with Crippen LogP contribution in [0.15, 0.2) is 12.1 Å². The molecule has 1 aromatic carbocycles. The van der Waals surface area contributed by atoms with Crippen molar-refractivity contribution in [3.8, 4) is 17.1 Å². The molecule has 0 fully saturated rings. The number of aromatic nitrogens is 3. The Hall–Kier alpha value is -1.59. The van der Waals surface area contributed by atoms with Crippen molar-refractivity contribution in [2.24, 2.45) is 5.73 Å². The zero-order chi connectivity index (χ0) is 12.4. The van der Waals surface area contributed by atoms with Crippen molar-refractivity contribution in [1.29, 1.82) is 0 Å². The maximum Gasteiger partial charge on any atom is 0.184 e. The Morgan fingerprint density at radius 2 is 2.24 bits per heavy atom. The molecule has 6 heteroatoms. The fourth-order valence-corrected chi connectivity index (χ4v) is 1.95. The molecule has 0 bridgehead atoms. The Bertz CT molecular complexity index is 538. The van der Waals surface area contributed by atoms with Crippen molar-refractivity contribution < 1.29 is 4.74 Å². The quantitative estimate of drug-likeness (QED) is 0.875. The number of ether oxygens (including phenoxy) is 1. The first-order chi connectivity index (χ1) is 8.15. The fraction of sp³-hybridized carbons (Fsp3) is 0.273. The molecule has 0 aliphatic carbocycles. The summed E-state index contributed by atoms with van der Waals surface area (Å²) in [6.07, 6.45) is 0. The topological polar surface area (TPSA) is 76.8 Å². The van der Waals surface area contributed by atoms with Gasteiger partial charge in [0.2, 0.25) is 0 Å². The fourth-order valence-electron chi connectivity index (χ4n) is 1.67. The molecular weight excluding hydrogens is 240 g/mol. The summed E-state index contributed by atoms with van der Waals surface area (Å²) < 4.78 is 5.34. The van der Waals surface area contributed by atoms with Crippen LogP contribution in [-0.2, 0) is 6.54 Å². The molecule has 0 saturated carbocycles. The molecule has 0 aliphatic rings. The number of methoxy groups -OCH3 is 1. The highest BCUT2D eigenvalue weighted by atomic mass is 35.5. The molecule has 0 radical (unpaired) electrons. The number of halogens is 1. The van der Waals surface area contributed by atoms with Gasteiger partial charge in [-0.05, 0) is 24.6 Å². The highest BCUT2D eigenvalue weighted by Gasteiger charge is 2.14. The number of aromatic amines is 1. The minimum atomic E-state index is 0.314. The first kappa shape index (κ1) is 11.9. The summed E-state index contributed by atoms with van der Waals surface area (Å²) in [4.78, 5) is 4.26. The predicted octanol–water partition coefficient (Wildman–Crippen LogP) is 1.90. The van der Waals surface area contributed by atoms with Gasteiger partial charge in [0, 0.05) is 5.02 Å². The molecule has 0 aliphatic heterocycles. The lowest BCUT2D eigenvalue weighted by atomic mass is 10.1. The maximum absolute atomic E-state index is 6.02. The maximum atomic E-state index is 6.02. The van der Waals surface area contributed by atoms with Crippen LogP contribution >= 0.6 is 11.6 Å². The predicted molar refractivity (Wildman–Crippen MR) is 66.0 cm³/mol. The van der Waals surface area contributed by atoms with Crippen molar-refractivity contribution in [3.05, 3.63) is 28.5 Å². The number of H-pyrrole nitrogens is 1. The normalized spacial score (nSPS) is 10.6. The van der Waals surface area contributed by atoms with Gasteiger partial charge < -0.3 is 10.5 Å². The van der Waals surface area contributed by atoms with Crippen molar-refractivity contribution in [3.63, 3.8) is 0 Å². The van der Waals surface area contributed by atoms with E-state index in [1.165, 1.54) is 0 Å². The molecule has 0 atom stereocenters. The van der Waals surface area contributed by atoms with Crippen LogP contribution in [0.4, 0.5) is 0 Å². The molecule has 1 aromatic heterocycles. The molecule has 3 N–H and O–H groups in total. The first-order valence-electron chi connectivity index (χ1n) is 5.11. The standard InChI is InChI=1S/C11H13ClN4O/c1-6-3-7(12)4-8(10(6)17-2)11-14-9(5-13)15-16-11/h3-4H,5,13H2,1-2H3,(H,14,15,16). The first-order valence-corrected chi connectivity index (χ1v) is 5.49. The van der Waals surface area contributed by atoms with E-state index in [1.807, 2.05) is 13.0 Å². The molecule has 2 aromatic rings. The highest BCUT2D eigenvalue weighted by molar-refractivity contribution is 6.31. The van der Waals surface area contributed by atoms with Gasteiger partial charge in [0.05, 0.1) is 19.2 Å². The third-order valence-corrected chi connectivity index (χ3v) is 2.63. The Labute approximate surface area is 104 Å². The van der Waals surface area contributed by atoms with Crippen LogP contribution < -0.4 is 10.5 Å². The highest BCUT2D eigenvalue weighted by Crippen LogP contribution is 2.33. The van der Waals surface area contributed by atoms with Gasteiger partial charge in [-0.2, -0.15) is 5.10 Å². The van der Waals surface area contributed by atoms with Crippen molar-refractivity contribution in [1.82, 2.24) is 15.2 Å². The summed E-state index contributed by atoms with van der Waals surface area (Å²) in [6, 6.07) is 3.61. The van der Waals surface area contributed by atoms with Crippen LogP contribution in [0, 0.1) is 6.92 Å². The second-order valence-corrected chi connectivity index (χ2v) is 4.05. The van der Waals surface area contributed by atoms with Gasteiger partial charge in [-0.1, -0.05) is 11.6 Å². The summed E-state index contributed by atoms with van der Waals surface area (Å²) in [6.45, 7) is 2.24. The summed E-state index contributed by atoms with van der Waals surface area (Å²) in [5.41, 5.74) is 7.18. The Balaban J connectivity index is 2.57. The van der Waals surface area contributed by atoms with Gasteiger partial charge in [-0.3, -0.25) is 5.10 Å². The van der Waals surface area contributed by atoms with Gasteiger partial charge in [0.15, 0.2) is 5.82 Å². The summed E-state index contributed by atoms with van der Waals surface area (Å²) in [5.74, 6) is 1.88. The average Bonchev–Trinajstić information content (AvgIpc) is 2.76. The van der Waals surface area contributed by atoms with E-state index in [9.17, 15) is 0 Å². The Morgan fingerprint density at radius 1 is 1.47 bits per heavy atom. The van der Waals surface area contributed by atoms with Gasteiger partial charge in [-0.15, -0.1) is 0 Å². The van der Waals surface area contributed by atoms with Gasteiger partial charge >= 0.3 is 0 Å². The molecule has 1 heterocycles. The molecule has 0 saturated heterocycles. The van der Waals surface area contributed by atoms with E-state index in [1.54, 1.807) is 13.2 Å². The third-order valence-electron chi connectivity index (χ3n) is 2.41. The number of benzene rings is 1. The van der Waals surface area contributed by atoms with E-state index in [0.717, 1.165) is 16.9 Å². The number of aryl methyl sites for hydroxylation is 1. The number of nitrogens with two attached hydrogens (primary N) is 1. The third kappa shape index (κ3) is 2.25. The zero-order valence-corrected chi connectivity index (χ0v) is 10.4. The molecule has 17 heavy (non-hydrogen) atoms. The molecule has 0 amide bonds. The molecule has 2 rings (SSSR count). The van der Waals surface area contributed by atoms with Crippen molar-refractivity contribution >= 4 is 11.6 Å². The smallest absolute Gasteiger partial charge is 0.184 e. The van der Waals surface area contributed by atoms with Gasteiger partial charge in [-0.25, -0.2) is 4.98 Å². The summed E-state index contributed by atoms with van der Waals surface area (Å²) >= 11 is 6.02. The number of hydrogen-bond acceptors (Lipinski definition) is 4. The average molecular weight is 253 g/mol. The lowest BCUT2D eigenvalue weighted by molar-refractivity contribution is 0.413. The molecule has 5 nitrogen and oxygen atoms in total. The van der Waals surface area contributed by atoms with Crippen LogP contribution in [-0.4, -0.2) is 22.3 Å². The van der Waals surface area contributed by atoms with E-state index in [2.05, 4.69) is 15.2 Å². The molecular formula is C11H13ClN4O. The summed E-state index contributed by atoms with van der Waals surface area (Å²) in [5, 5.41) is 7.48. The number of nitrogens with one attached hydrogen (secondary N) is 1. The second-order valence-electron chi connectivity index (χ2n) is 3.61. The second kappa shape index (κ2) is 4.73. The Morgan fingerprint density at radius 3 is 2.82 bits per heavy atom. The van der Waals surface area contributed by atoms with Crippen LogP contribution in [0.2, 0.25) is 5.02 Å². The molecule has 0 unspecified atom stereocenters. The van der Waals surface area contributed by atoms with Crippen molar-refractivity contribution in [2.45, 2.75) is 13.5 Å². The van der Waals surface area contributed by atoms with E-state index >= 15 is 0 Å². The lowest BCUT2D eigenvalue weighted by Gasteiger charge is -2.09. The minimum absolute atomic E-state index is 0.314. The minimum Gasteiger partial charge on any atom is -0.496 e. The molecule has 90 valence electrons.